The summed E-state index contributed by atoms with van der Waals surface area (Å²) in [4.78, 5) is 20.6. The van der Waals surface area contributed by atoms with Crippen molar-refractivity contribution < 1.29 is 19.4 Å². The Bertz CT molecular complexity index is 278. The maximum absolute atomic E-state index is 11.0. The van der Waals surface area contributed by atoms with E-state index in [0.717, 1.165) is 12.8 Å². The van der Waals surface area contributed by atoms with Crippen LogP contribution in [0.2, 0.25) is 0 Å². The Morgan fingerprint density at radius 3 is 2.12 bits per heavy atom. The molecule has 0 aliphatic heterocycles. The molecule has 0 aliphatic carbocycles. The van der Waals surface area contributed by atoms with E-state index in [-0.39, 0.29) is 11.5 Å². The molecule has 0 atom stereocenters. The highest BCUT2D eigenvalue weighted by atomic mass is 16.5. The van der Waals surface area contributed by atoms with Crippen molar-refractivity contribution in [2.24, 2.45) is 0 Å². The van der Waals surface area contributed by atoms with Gasteiger partial charge in [-0.3, -0.25) is 0 Å². The molecule has 0 rings (SSSR count). The number of aliphatic carboxylic acids is 1. The largest absolute Gasteiger partial charge is 0.478 e. The SMILES string of the molecule is C=C(C)C(=O)O.CC=C(C)C(=O)OCCCC. The normalized spacial score (nSPS) is 10.0. The van der Waals surface area contributed by atoms with Crippen LogP contribution in [0.5, 0.6) is 0 Å². The Morgan fingerprint density at radius 1 is 1.35 bits per heavy atom. The van der Waals surface area contributed by atoms with Gasteiger partial charge >= 0.3 is 11.9 Å². The fourth-order valence-corrected chi connectivity index (χ4v) is 0.541. The molecular formula is C13H22O4. The van der Waals surface area contributed by atoms with Crippen LogP contribution in [-0.2, 0) is 14.3 Å². The molecule has 0 aromatic heterocycles. The van der Waals surface area contributed by atoms with E-state index in [1.165, 1.54) is 6.92 Å². The molecule has 0 aliphatic rings. The smallest absolute Gasteiger partial charge is 0.333 e. The highest BCUT2D eigenvalue weighted by Crippen LogP contribution is 1.97. The van der Waals surface area contributed by atoms with Crippen molar-refractivity contribution in [1.82, 2.24) is 0 Å². The quantitative estimate of drug-likeness (QED) is 0.457. The maximum atomic E-state index is 11.0. The van der Waals surface area contributed by atoms with Gasteiger partial charge in [0.1, 0.15) is 0 Å². The Kier molecular flexibility index (Phi) is 11.4. The van der Waals surface area contributed by atoms with Crippen LogP contribution in [0.4, 0.5) is 0 Å². The van der Waals surface area contributed by atoms with E-state index in [2.05, 4.69) is 13.5 Å². The zero-order valence-corrected chi connectivity index (χ0v) is 11.1. The number of carbonyl (C=O) groups is 2. The third-order valence-corrected chi connectivity index (χ3v) is 1.85. The first-order chi connectivity index (χ1) is 7.86. The monoisotopic (exact) mass is 242 g/mol. The van der Waals surface area contributed by atoms with Crippen LogP contribution in [0.1, 0.15) is 40.5 Å². The summed E-state index contributed by atoms with van der Waals surface area (Å²) in [6.45, 7) is 10.8. The maximum Gasteiger partial charge on any atom is 0.333 e. The second kappa shape index (κ2) is 10.9. The van der Waals surface area contributed by atoms with E-state index in [1.54, 1.807) is 13.0 Å². The van der Waals surface area contributed by atoms with Crippen LogP contribution < -0.4 is 0 Å². The fraction of sp³-hybridized carbons (Fsp3) is 0.538. The molecule has 17 heavy (non-hydrogen) atoms. The van der Waals surface area contributed by atoms with Gasteiger partial charge in [-0.05, 0) is 27.2 Å². The lowest BCUT2D eigenvalue weighted by molar-refractivity contribution is -0.139. The number of esters is 1. The van der Waals surface area contributed by atoms with Gasteiger partial charge in [0.15, 0.2) is 0 Å². The van der Waals surface area contributed by atoms with Crippen LogP contribution in [0, 0.1) is 0 Å². The van der Waals surface area contributed by atoms with Crippen molar-refractivity contribution in [3.8, 4) is 0 Å². The number of carbonyl (C=O) groups excluding carboxylic acids is 1. The second-order valence-electron chi connectivity index (χ2n) is 3.55. The molecule has 4 nitrogen and oxygen atoms in total. The zero-order valence-electron chi connectivity index (χ0n) is 11.1. The number of allylic oxidation sites excluding steroid dienone is 1. The minimum absolute atomic E-state index is 0.176. The molecule has 0 unspecified atom stereocenters. The number of unbranched alkanes of at least 4 members (excludes halogenated alkanes) is 1. The van der Waals surface area contributed by atoms with Crippen molar-refractivity contribution in [3.05, 3.63) is 23.8 Å². The number of hydrogen-bond donors (Lipinski definition) is 1. The second-order valence-corrected chi connectivity index (χ2v) is 3.55. The van der Waals surface area contributed by atoms with Gasteiger partial charge in [0, 0.05) is 11.1 Å². The first-order valence-corrected chi connectivity index (χ1v) is 5.55. The Hall–Kier alpha value is -1.58. The van der Waals surface area contributed by atoms with Crippen molar-refractivity contribution in [2.45, 2.75) is 40.5 Å². The third-order valence-electron chi connectivity index (χ3n) is 1.85. The summed E-state index contributed by atoms with van der Waals surface area (Å²) >= 11 is 0. The van der Waals surface area contributed by atoms with E-state index in [4.69, 9.17) is 9.84 Å². The molecule has 4 heteroatoms. The zero-order chi connectivity index (χ0) is 13.8. The first-order valence-electron chi connectivity index (χ1n) is 5.55. The van der Waals surface area contributed by atoms with E-state index in [0.29, 0.717) is 12.2 Å². The molecular weight excluding hydrogens is 220 g/mol. The molecule has 0 radical (unpaired) electrons. The highest BCUT2D eigenvalue weighted by molar-refractivity contribution is 5.87. The summed E-state index contributed by atoms with van der Waals surface area (Å²) in [6.07, 6.45) is 3.76. The number of rotatable bonds is 5. The van der Waals surface area contributed by atoms with Crippen molar-refractivity contribution in [3.63, 3.8) is 0 Å². The van der Waals surface area contributed by atoms with Gasteiger partial charge in [0.2, 0.25) is 0 Å². The molecule has 0 saturated heterocycles. The van der Waals surface area contributed by atoms with Crippen LogP contribution in [0.15, 0.2) is 23.8 Å². The van der Waals surface area contributed by atoms with Gasteiger partial charge in [-0.2, -0.15) is 0 Å². The van der Waals surface area contributed by atoms with Gasteiger partial charge in [0.05, 0.1) is 6.61 Å². The van der Waals surface area contributed by atoms with Gasteiger partial charge in [-0.1, -0.05) is 26.0 Å². The summed E-state index contributed by atoms with van der Waals surface area (Å²) in [5, 5.41) is 7.89. The van der Waals surface area contributed by atoms with Crippen LogP contribution >= 0.6 is 0 Å². The fourth-order valence-electron chi connectivity index (χ4n) is 0.541. The summed E-state index contributed by atoms with van der Waals surface area (Å²) in [5.74, 6) is -1.13. The van der Waals surface area contributed by atoms with Crippen LogP contribution in [0.3, 0.4) is 0 Å². The molecule has 0 fully saturated rings. The summed E-state index contributed by atoms with van der Waals surface area (Å²) < 4.78 is 4.93. The summed E-state index contributed by atoms with van der Waals surface area (Å²) in [5.41, 5.74) is 0.858. The van der Waals surface area contributed by atoms with Crippen molar-refractivity contribution in [2.75, 3.05) is 6.61 Å². The lowest BCUT2D eigenvalue weighted by atomic mass is 10.3. The average Bonchev–Trinajstić information content (AvgIpc) is 2.28. The molecule has 98 valence electrons. The van der Waals surface area contributed by atoms with Gasteiger partial charge in [0.25, 0.3) is 0 Å². The Balaban J connectivity index is 0. The number of carboxylic acid groups (broad SMARTS) is 1. The van der Waals surface area contributed by atoms with Crippen molar-refractivity contribution >= 4 is 11.9 Å². The van der Waals surface area contributed by atoms with Crippen molar-refractivity contribution in [1.29, 1.82) is 0 Å². The van der Waals surface area contributed by atoms with Crippen LogP contribution in [0.25, 0.3) is 0 Å². The number of ether oxygens (including phenoxy) is 1. The van der Waals surface area contributed by atoms with E-state index in [1.807, 2.05) is 6.92 Å². The van der Waals surface area contributed by atoms with Gasteiger partial charge in [-0.25, -0.2) is 9.59 Å². The van der Waals surface area contributed by atoms with E-state index < -0.39 is 5.97 Å². The molecule has 0 aromatic rings. The lowest BCUT2D eigenvalue weighted by Gasteiger charge is -2.02. The molecule has 0 bridgehead atoms. The molecule has 0 saturated carbocycles. The first kappa shape index (κ1) is 17.8. The van der Waals surface area contributed by atoms with E-state index >= 15 is 0 Å². The number of carboxylic acids is 1. The standard InChI is InChI=1S/C9H16O2.C4H6O2/c1-4-6-7-11-9(10)8(3)5-2;1-3(2)4(5)6/h5H,4,6-7H2,1-3H3;1H2,2H3,(H,5,6). The van der Waals surface area contributed by atoms with Gasteiger partial charge < -0.3 is 9.84 Å². The Labute approximate surface area is 103 Å². The van der Waals surface area contributed by atoms with Gasteiger partial charge in [-0.15, -0.1) is 0 Å². The topological polar surface area (TPSA) is 63.6 Å². The predicted octanol–water partition coefficient (Wildman–Crippen LogP) is 2.94. The molecule has 0 amide bonds. The summed E-state index contributed by atoms with van der Waals surface area (Å²) in [7, 11) is 0. The minimum atomic E-state index is -0.935. The molecule has 0 spiro atoms. The minimum Gasteiger partial charge on any atom is -0.478 e. The van der Waals surface area contributed by atoms with E-state index in [9.17, 15) is 9.59 Å². The third kappa shape index (κ3) is 12.4. The molecule has 0 aromatic carbocycles. The predicted molar refractivity (Wildman–Crippen MR) is 67.7 cm³/mol. The lowest BCUT2D eigenvalue weighted by Crippen LogP contribution is -2.06. The highest BCUT2D eigenvalue weighted by Gasteiger charge is 2.02. The number of hydrogen-bond acceptors (Lipinski definition) is 3. The molecule has 1 N–H and O–H groups in total. The molecule has 0 heterocycles. The Morgan fingerprint density at radius 2 is 1.82 bits per heavy atom. The average molecular weight is 242 g/mol. The summed E-state index contributed by atoms with van der Waals surface area (Å²) in [6, 6.07) is 0. The van der Waals surface area contributed by atoms with Crippen LogP contribution in [-0.4, -0.2) is 23.7 Å².